The lowest BCUT2D eigenvalue weighted by atomic mass is 9.96. The van der Waals surface area contributed by atoms with Gasteiger partial charge < -0.3 is 10.2 Å². The molecule has 3 amide bonds. The number of carbonyl (C=O) groups excluding carboxylic acids is 3. The van der Waals surface area contributed by atoms with Gasteiger partial charge in [-0.3, -0.25) is 24.7 Å². The predicted octanol–water partition coefficient (Wildman–Crippen LogP) is 1.63. The van der Waals surface area contributed by atoms with Crippen LogP contribution in [0, 0.1) is 11.8 Å². The van der Waals surface area contributed by atoms with Crippen LogP contribution in [-0.4, -0.2) is 85.4 Å². The second-order valence-electron chi connectivity index (χ2n) is 9.59. The highest BCUT2D eigenvalue weighted by molar-refractivity contribution is 5.93. The molecule has 3 atom stereocenters. The maximum atomic E-state index is 13.4. The van der Waals surface area contributed by atoms with E-state index in [2.05, 4.69) is 15.6 Å². The van der Waals surface area contributed by atoms with E-state index in [4.69, 9.17) is 0 Å². The molecule has 8 heteroatoms. The minimum absolute atomic E-state index is 0.0530. The molecule has 0 aromatic carbocycles. The van der Waals surface area contributed by atoms with Gasteiger partial charge in [0.1, 0.15) is 6.04 Å². The molecule has 1 aliphatic heterocycles. The largest absolute Gasteiger partial charge is 0.343 e. The Labute approximate surface area is 188 Å². The van der Waals surface area contributed by atoms with Crippen LogP contribution in [0.1, 0.15) is 53.9 Å². The number of likely N-dealkylation sites (N-methyl/N-ethyl adjacent to an activating group) is 2. The molecule has 0 aliphatic carbocycles. The molecule has 31 heavy (non-hydrogen) atoms. The predicted molar refractivity (Wildman–Crippen MR) is 124 cm³/mol. The SMILES string of the molecule is C/C(=C\[C@H](C(C)C)N(C)C(=O)C(NC(=O)C1CCCCN1C)C(C)C)C(=O)NN(C)C. The molecule has 0 aromatic rings. The van der Waals surface area contributed by atoms with E-state index in [0.29, 0.717) is 5.57 Å². The lowest BCUT2D eigenvalue weighted by molar-refractivity contribution is -0.139. The van der Waals surface area contributed by atoms with Gasteiger partial charge in [-0.15, -0.1) is 0 Å². The number of nitrogens with zero attached hydrogens (tertiary/aromatic N) is 3. The van der Waals surface area contributed by atoms with Crippen LogP contribution in [0.3, 0.4) is 0 Å². The van der Waals surface area contributed by atoms with Crippen LogP contribution >= 0.6 is 0 Å². The minimum Gasteiger partial charge on any atom is -0.343 e. The normalized spacial score (nSPS) is 20.0. The van der Waals surface area contributed by atoms with Crippen molar-refractivity contribution >= 4 is 17.7 Å². The molecule has 1 heterocycles. The summed E-state index contributed by atoms with van der Waals surface area (Å²) in [6.45, 7) is 10.6. The van der Waals surface area contributed by atoms with E-state index in [0.717, 1.165) is 25.8 Å². The second kappa shape index (κ2) is 12.2. The molecule has 0 spiro atoms. The van der Waals surface area contributed by atoms with Crippen LogP contribution in [0.4, 0.5) is 0 Å². The van der Waals surface area contributed by atoms with Crippen molar-refractivity contribution in [3.63, 3.8) is 0 Å². The number of hydrazine groups is 1. The molecule has 8 nitrogen and oxygen atoms in total. The Balaban J connectivity index is 3.01. The monoisotopic (exact) mass is 437 g/mol. The first-order valence-corrected chi connectivity index (χ1v) is 11.3. The Kier molecular flexibility index (Phi) is 10.7. The number of carbonyl (C=O) groups is 3. The third-order valence-corrected chi connectivity index (χ3v) is 5.89. The van der Waals surface area contributed by atoms with E-state index >= 15 is 0 Å². The summed E-state index contributed by atoms with van der Waals surface area (Å²) in [6, 6.07) is -1.07. The van der Waals surface area contributed by atoms with Gasteiger partial charge in [-0.1, -0.05) is 40.2 Å². The molecular formula is C23H43N5O3. The summed E-state index contributed by atoms with van der Waals surface area (Å²) in [6.07, 6.45) is 4.76. The lowest BCUT2D eigenvalue weighted by Gasteiger charge is -2.36. The van der Waals surface area contributed by atoms with Crippen molar-refractivity contribution in [3.05, 3.63) is 11.6 Å². The summed E-state index contributed by atoms with van der Waals surface area (Å²) < 4.78 is 0. The smallest absolute Gasteiger partial charge is 0.260 e. The first-order valence-electron chi connectivity index (χ1n) is 11.3. The third-order valence-electron chi connectivity index (χ3n) is 5.89. The van der Waals surface area contributed by atoms with Gasteiger partial charge in [0.2, 0.25) is 11.8 Å². The number of amides is 3. The Hall–Kier alpha value is -1.93. The van der Waals surface area contributed by atoms with E-state index < -0.39 is 6.04 Å². The molecule has 1 rings (SSSR count). The fraction of sp³-hybridized carbons (Fsp3) is 0.783. The van der Waals surface area contributed by atoms with E-state index in [1.807, 2.05) is 40.8 Å². The number of nitrogens with one attached hydrogen (secondary N) is 2. The van der Waals surface area contributed by atoms with Gasteiger partial charge in [-0.25, -0.2) is 5.01 Å². The maximum absolute atomic E-state index is 13.4. The number of likely N-dealkylation sites (tertiary alicyclic amines) is 1. The molecule has 0 radical (unpaired) electrons. The van der Waals surface area contributed by atoms with E-state index in [-0.39, 0.29) is 41.6 Å². The van der Waals surface area contributed by atoms with Gasteiger partial charge in [0, 0.05) is 26.7 Å². The molecule has 2 unspecified atom stereocenters. The Morgan fingerprint density at radius 3 is 2.13 bits per heavy atom. The lowest BCUT2D eigenvalue weighted by Crippen LogP contribution is -2.57. The van der Waals surface area contributed by atoms with Crippen LogP contribution in [0.5, 0.6) is 0 Å². The zero-order valence-electron chi connectivity index (χ0n) is 20.9. The van der Waals surface area contributed by atoms with Crippen molar-refractivity contribution in [2.24, 2.45) is 11.8 Å². The van der Waals surface area contributed by atoms with Crippen molar-refractivity contribution < 1.29 is 14.4 Å². The van der Waals surface area contributed by atoms with Gasteiger partial charge in [-0.2, -0.15) is 0 Å². The molecule has 0 aromatic heterocycles. The van der Waals surface area contributed by atoms with E-state index in [9.17, 15) is 14.4 Å². The van der Waals surface area contributed by atoms with Gasteiger partial charge in [-0.05, 0) is 45.2 Å². The summed E-state index contributed by atoms with van der Waals surface area (Å²) in [5.41, 5.74) is 3.27. The second-order valence-corrected chi connectivity index (χ2v) is 9.59. The minimum atomic E-state index is -0.613. The molecule has 1 fully saturated rings. The molecule has 2 N–H and O–H groups in total. The summed E-state index contributed by atoms with van der Waals surface area (Å²) in [7, 11) is 7.21. The molecule has 178 valence electrons. The quantitative estimate of drug-likeness (QED) is 0.423. The van der Waals surface area contributed by atoms with Crippen molar-refractivity contribution in [1.29, 1.82) is 0 Å². The van der Waals surface area contributed by atoms with Crippen molar-refractivity contribution in [2.75, 3.05) is 34.7 Å². The van der Waals surface area contributed by atoms with E-state index in [1.54, 1.807) is 38.0 Å². The van der Waals surface area contributed by atoms with Gasteiger partial charge >= 0.3 is 0 Å². The summed E-state index contributed by atoms with van der Waals surface area (Å²) >= 11 is 0. The number of hydrogen-bond acceptors (Lipinski definition) is 5. The molecule has 1 saturated heterocycles. The maximum Gasteiger partial charge on any atom is 0.260 e. The zero-order valence-corrected chi connectivity index (χ0v) is 20.9. The highest BCUT2D eigenvalue weighted by Crippen LogP contribution is 2.19. The Morgan fingerprint density at radius 2 is 1.65 bits per heavy atom. The Morgan fingerprint density at radius 1 is 1.03 bits per heavy atom. The first-order chi connectivity index (χ1) is 14.4. The van der Waals surface area contributed by atoms with Crippen LogP contribution in [0.2, 0.25) is 0 Å². The van der Waals surface area contributed by atoms with Crippen LogP contribution < -0.4 is 10.7 Å². The average Bonchev–Trinajstić information content (AvgIpc) is 2.68. The summed E-state index contributed by atoms with van der Waals surface area (Å²) in [5.74, 6) is -0.379. The standard InChI is InChI=1S/C23H43N5O3/c1-15(2)19(14-17(5)21(29)25-26(6)7)28(9)23(31)20(16(3)4)24-22(30)18-12-10-11-13-27(18)8/h14-16,18-20H,10-13H2,1-9H3,(H,24,30)(H,25,29)/b17-14+/t18?,19-,20?/m1/s1. The van der Waals surface area contributed by atoms with Crippen molar-refractivity contribution in [3.8, 4) is 0 Å². The zero-order chi connectivity index (χ0) is 23.9. The highest BCUT2D eigenvalue weighted by atomic mass is 16.2. The first kappa shape index (κ1) is 27.1. The molecule has 1 aliphatic rings. The van der Waals surface area contributed by atoms with Gasteiger partial charge in [0.25, 0.3) is 5.91 Å². The molecule has 0 bridgehead atoms. The van der Waals surface area contributed by atoms with Crippen LogP contribution in [-0.2, 0) is 14.4 Å². The number of hydrogen-bond donors (Lipinski definition) is 2. The average molecular weight is 438 g/mol. The van der Waals surface area contributed by atoms with Crippen LogP contribution in [0.25, 0.3) is 0 Å². The number of rotatable bonds is 9. The Bertz CT molecular complexity index is 660. The summed E-state index contributed by atoms with van der Waals surface area (Å²) in [4.78, 5) is 42.4. The van der Waals surface area contributed by atoms with Gasteiger partial charge in [0.15, 0.2) is 0 Å². The van der Waals surface area contributed by atoms with Gasteiger partial charge in [0.05, 0.1) is 12.1 Å². The number of piperidine rings is 1. The molecule has 0 saturated carbocycles. The fourth-order valence-corrected chi connectivity index (χ4v) is 3.91. The molecular weight excluding hydrogens is 394 g/mol. The van der Waals surface area contributed by atoms with Crippen molar-refractivity contribution in [2.45, 2.75) is 72.0 Å². The third kappa shape index (κ3) is 7.92. The summed E-state index contributed by atoms with van der Waals surface area (Å²) in [5, 5.41) is 4.60. The van der Waals surface area contributed by atoms with Crippen LogP contribution in [0.15, 0.2) is 11.6 Å². The van der Waals surface area contributed by atoms with Crippen molar-refractivity contribution in [1.82, 2.24) is 25.6 Å². The highest BCUT2D eigenvalue weighted by Gasteiger charge is 2.34. The fourth-order valence-electron chi connectivity index (χ4n) is 3.91. The van der Waals surface area contributed by atoms with E-state index in [1.165, 1.54) is 0 Å². The topological polar surface area (TPSA) is 85.0 Å².